The molecule has 2 aromatic rings. The molecule has 0 bridgehead atoms. The fourth-order valence-corrected chi connectivity index (χ4v) is 2.59. The quantitative estimate of drug-likeness (QED) is 0.803. The van der Waals surface area contributed by atoms with E-state index in [9.17, 15) is 9.59 Å². The molecule has 0 aliphatic rings. The zero-order valence-electron chi connectivity index (χ0n) is 11.3. The number of carbonyl (C=O) groups excluding carboxylic acids is 2. The van der Waals surface area contributed by atoms with Gasteiger partial charge in [-0.05, 0) is 30.0 Å². The Morgan fingerprint density at radius 1 is 1.00 bits per heavy atom. The number of amides is 2. The van der Waals surface area contributed by atoms with Gasteiger partial charge in [0.1, 0.15) is 0 Å². The van der Waals surface area contributed by atoms with E-state index in [4.69, 9.17) is 11.6 Å². The van der Waals surface area contributed by atoms with Crippen LogP contribution in [0.5, 0.6) is 0 Å². The third-order valence-corrected chi connectivity index (χ3v) is 3.99. The van der Waals surface area contributed by atoms with Gasteiger partial charge in [-0.15, -0.1) is 11.3 Å². The molecule has 2 N–H and O–H groups in total. The topological polar surface area (TPSA) is 58.2 Å². The van der Waals surface area contributed by atoms with Gasteiger partial charge in [0, 0.05) is 13.1 Å². The zero-order valence-corrected chi connectivity index (χ0v) is 12.8. The molecule has 1 heterocycles. The Morgan fingerprint density at radius 2 is 1.71 bits per heavy atom. The molecule has 110 valence electrons. The van der Waals surface area contributed by atoms with Gasteiger partial charge < -0.3 is 10.6 Å². The van der Waals surface area contributed by atoms with Gasteiger partial charge in [-0.25, -0.2) is 0 Å². The predicted octanol–water partition coefficient (Wildman–Crippen LogP) is 2.95. The van der Waals surface area contributed by atoms with Crippen molar-refractivity contribution in [2.75, 3.05) is 13.1 Å². The highest BCUT2D eigenvalue weighted by atomic mass is 35.5. The Labute approximate surface area is 132 Å². The first kappa shape index (κ1) is 15.5. The molecule has 0 fully saturated rings. The number of nitrogens with one attached hydrogen (secondary N) is 2. The zero-order chi connectivity index (χ0) is 15.1. The van der Waals surface area contributed by atoms with E-state index in [0.29, 0.717) is 35.0 Å². The molecular weight excluding hydrogens is 308 g/mol. The third kappa shape index (κ3) is 4.58. The molecule has 2 amide bonds. The van der Waals surface area contributed by atoms with Crippen LogP contribution in [0, 0.1) is 0 Å². The van der Waals surface area contributed by atoms with Gasteiger partial charge in [0.25, 0.3) is 11.8 Å². The van der Waals surface area contributed by atoms with Crippen molar-refractivity contribution in [2.24, 2.45) is 0 Å². The highest BCUT2D eigenvalue weighted by Gasteiger charge is 2.08. The summed E-state index contributed by atoms with van der Waals surface area (Å²) in [5.41, 5.74) is 0.460. The summed E-state index contributed by atoms with van der Waals surface area (Å²) >= 11 is 7.34. The second-order valence-corrected chi connectivity index (χ2v) is 5.68. The molecule has 0 aliphatic carbocycles. The number of hydrogen-bond acceptors (Lipinski definition) is 3. The highest BCUT2D eigenvalue weighted by Crippen LogP contribution is 2.14. The molecule has 4 nitrogen and oxygen atoms in total. The van der Waals surface area contributed by atoms with Gasteiger partial charge in [0.15, 0.2) is 0 Å². The molecule has 6 heteroatoms. The fourth-order valence-electron chi connectivity index (χ4n) is 1.73. The predicted molar refractivity (Wildman–Crippen MR) is 85.1 cm³/mol. The van der Waals surface area contributed by atoms with E-state index in [1.54, 1.807) is 30.3 Å². The molecule has 0 unspecified atom stereocenters. The van der Waals surface area contributed by atoms with Gasteiger partial charge in [-0.3, -0.25) is 9.59 Å². The maximum Gasteiger partial charge on any atom is 0.261 e. The smallest absolute Gasteiger partial charge is 0.261 e. The standard InChI is InChI=1S/C15H15ClN2O2S/c16-12-6-2-1-5-11(12)14(19)17-8-4-9-18-15(20)13-7-3-10-21-13/h1-3,5-7,10H,4,8-9H2,(H,17,19)(H,18,20). The summed E-state index contributed by atoms with van der Waals surface area (Å²) in [6.45, 7) is 0.994. The normalized spacial score (nSPS) is 10.1. The van der Waals surface area contributed by atoms with Crippen molar-refractivity contribution < 1.29 is 9.59 Å². The molecule has 1 aromatic carbocycles. The highest BCUT2D eigenvalue weighted by molar-refractivity contribution is 7.12. The Balaban J connectivity index is 1.67. The molecule has 0 atom stereocenters. The van der Waals surface area contributed by atoms with E-state index < -0.39 is 0 Å². The first-order chi connectivity index (χ1) is 10.2. The number of thiophene rings is 1. The average Bonchev–Trinajstić information content (AvgIpc) is 3.01. The van der Waals surface area contributed by atoms with Gasteiger partial charge in [-0.2, -0.15) is 0 Å². The molecule has 0 spiro atoms. The minimum atomic E-state index is -0.204. The molecule has 21 heavy (non-hydrogen) atoms. The number of carbonyl (C=O) groups is 2. The summed E-state index contributed by atoms with van der Waals surface area (Å²) in [7, 11) is 0. The number of rotatable bonds is 6. The van der Waals surface area contributed by atoms with Crippen LogP contribution in [0.4, 0.5) is 0 Å². The molecule has 1 aromatic heterocycles. The van der Waals surface area contributed by atoms with Gasteiger partial charge in [0.05, 0.1) is 15.5 Å². The van der Waals surface area contributed by atoms with Crippen LogP contribution < -0.4 is 10.6 Å². The van der Waals surface area contributed by atoms with Crippen molar-refractivity contribution in [1.29, 1.82) is 0 Å². The van der Waals surface area contributed by atoms with Crippen LogP contribution in [-0.2, 0) is 0 Å². The first-order valence-corrected chi connectivity index (χ1v) is 7.78. The Morgan fingerprint density at radius 3 is 2.38 bits per heavy atom. The van der Waals surface area contributed by atoms with Crippen molar-refractivity contribution in [3.05, 3.63) is 57.2 Å². The molecule has 0 saturated heterocycles. The second kappa shape index (κ2) is 7.81. The summed E-state index contributed by atoms with van der Waals surface area (Å²) in [5, 5.41) is 7.87. The van der Waals surface area contributed by atoms with E-state index in [0.717, 1.165) is 0 Å². The maximum absolute atomic E-state index is 11.9. The first-order valence-electron chi connectivity index (χ1n) is 6.53. The lowest BCUT2D eigenvalue weighted by molar-refractivity contribution is 0.0953. The second-order valence-electron chi connectivity index (χ2n) is 4.32. The lowest BCUT2D eigenvalue weighted by Crippen LogP contribution is -2.29. The largest absolute Gasteiger partial charge is 0.352 e. The molecule has 2 rings (SSSR count). The van der Waals surface area contributed by atoms with Crippen LogP contribution >= 0.6 is 22.9 Å². The number of halogens is 1. The third-order valence-electron chi connectivity index (χ3n) is 2.79. The van der Waals surface area contributed by atoms with Crippen molar-refractivity contribution in [3.8, 4) is 0 Å². The summed E-state index contributed by atoms with van der Waals surface area (Å²) in [4.78, 5) is 24.2. The Bertz CT molecular complexity index is 614. The van der Waals surface area contributed by atoms with Crippen LogP contribution in [-0.4, -0.2) is 24.9 Å². The summed E-state index contributed by atoms with van der Waals surface area (Å²) in [5.74, 6) is -0.285. The SMILES string of the molecule is O=C(NCCCNC(=O)c1ccccc1Cl)c1cccs1. The van der Waals surface area contributed by atoms with Crippen molar-refractivity contribution in [2.45, 2.75) is 6.42 Å². The van der Waals surface area contributed by atoms with E-state index in [2.05, 4.69) is 10.6 Å². The van der Waals surface area contributed by atoms with Gasteiger partial charge in [-0.1, -0.05) is 29.8 Å². The number of benzene rings is 1. The minimum absolute atomic E-state index is 0.0811. The molecule has 0 saturated carbocycles. The summed E-state index contributed by atoms with van der Waals surface area (Å²) < 4.78 is 0. The van der Waals surface area contributed by atoms with Crippen LogP contribution in [0.2, 0.25) is 5.02 Å². The molecule has 0 radical (unpaired) electrons. The van der Waals surface area contributed by atoms with Crippen molar-refractivity contribution >= 4 is 34.8 Å². The lowest BCUT2D eigenvalue weighted by Gasteiger charge is -2.07. The minimum Gasteiger partial charge on any atom is -0.352 e. The molecule has 0 aliphatic heterocycles. The average molecular weight is 323 g/mol. The van der Waals surface area contributed by atoms with Crippen LogP contribution in [0.25, 0.3) is 0 Å². The van der Waals surface area contributed by atoms with E-state index in [-0.39, 0.29) is 11.8 Å². The monoisotopic (exact) mass is 322 g/mol. The maximum atomic E-state index is 11.9. The van der Waals surface area contributed by atoms with Gasteiger partial charge >= 0.3 is 0 Å². The van der Waals surface area contributed by atoms with Crippen LogP contribution in [0.15, 0.2) is 41.8 Å². The summed E-state index contributed by atoms with van der Waals surface area (Å²) in [6.07, 6.45) is 0.660. The van der Waals surface area contributed by atoms with E-state index in [1.807, 2.05) is 11.4 Å². The van der Waals surface area contributed by atoms with Crippen LogP contribution in [0.3, 0.4) is 0 Å². The van der Waals surface area contributed by atoms with E-state index in [1.165, 1.54) is 11.3 Å². The number of hydrogen-bond donors (Lipinski definition) is 2. The van der Waals surface area contributed by atoms with Crippen molar-refractivity contribution in [1.82, 2.24) is 10.6 Å². The fraction of sp³-hybridized carbons (Fsp3) is 0.200. The van der Waals surface area contributed by atoms with Crippen LogP contribution in [0.1, 0.15) is 26.5 Å². The lowest BCUT2D eigenvalue weighted by atomic mass is 10.2. The molecular formula is C15H15ClN2O2S. The van der Waals surface area contributed by atoms with E-state index >= 15 is 0 Å². The van der Waals surface area contributed by atoms with Crippen molar-refractivity contribution in [3.63, 3.8) is 0 Å². The van der Waals surface area contributed by atoms with Gasteiger partial charge in [0.2, 0.25) is 0 Å². The Hall–Kier alpha value is -1.85. The Kier molecular flexibility index (Phi) is 5.78. The summed E-state index contributed by atoms with van der Waals surface area (Å²) in [6, 6.07) is 10.5.